The lowest BCUT2D eigenvalue weighted by Gasteiger charge is -2.11. The third kappa shape index (κ3) is 2.64. The van der Waals surface area contributed by atoms with E-state index in [2.05, 4.69) is 29.7 Å². The van der Waals surface area contributed by atoms with Crippen molar-refractivity contribution in [1.29, 1.82) is 0 Å². The average molecular weight is 300 g/mol. The van der Waals surface area contributed by atoms with Crippen molar-refractivity contribution in [2.75, 3.05) is 0 Å². The van der Waals surface area contributed by atoms with Gasteiger partial charge < -0.3 is 9.67 Å². The van der Waals surface area contributed by atoms with E-state index in [-0.39, 0.29) is 0 Å². The van der Waals surface area contributed by atoms with Gasteiger partial charge in [0.05, 0.1) is 0 Å². The van der Waals surface area contributed by atoms with E-state index in [9.17, 15) is 5.11 Å². The van der Waals surface area contributed by atoms with E-state index >= 15 is 0 Å². The fraction of sp³-hybridized carbons (Fsp3) is 0.222. The Labute approximate surface area is 129 Å². The molecule has 0 bridgehead atoms. The molecule has 0 aliphatic rings. The van der Waals surface area contributed by atoms with Gasteiger partial charge in [-0.2, -0.15) is 0 Å². The molecule has 0 fully saturated rings. The highest BCUT2D eigenvalue weighted by atomic mass is 35.5. The van der Waals surface area contributed by atoms with Crippen molar-refractivity contribution in [3.05, 3.63) is 64.3 Å². The van der Waals surface area contributed by atoms with Crippen LogP contribution in [0.5, 0.6) is 5.75 Å². The topological polar surface area (TPSA) is 25.2 Å². The van der Waals surface area contributed by atoms with Gasteiger partial charge in [0.1, 0.15) is 5.75 Å². The molecule has 2 aromatic carbocycles. The van der Waals surface area contributed by atoms with Gasteiger partial charge in [0.2, 0.25) is 0 Å². The maximum absolute atomic E-state index is 9.63. The van der Waals surface area contributed by atoms with E-state index in [0.29, 0.717) is 5.75 Å². The van der Waals surface area contributed by atoms with Crippen LogP contribution in [0.15, 0.2) is 42.5 Å². The monoisotopic (exact) mass is 299 g/mol. The molecule has 2 nitrogen and oxygen atoms in total. The van der Waals surface area contributed by atoms with E-state index in [0.717, 1.165) is 34.5 Å². The number of nitrogens with zero attached hydrogens (tertiary/aromatic N) is 1. The summed E-state index contributed by atoms with van der Waals surface area (Å²) >= 11 is 6.22. The van der Waals surface area contributed by atoms with Crippen molar-refractivity contribution in [3.8, 4) is 5.75 Å². The van der Waals surface area contributed by atoms with E-state index in [1.807, 2.05) is 25.1 Å². The van der Waals surface area contributed by atoms with Crippen molar-refractivity contribution < 1.29 is 5.11 Å². The Bertz CT molecular complexity index is 804. The van der Waals surface area contributed by atoms with Crippen molar-refractivity contribution in [1.82, 2.24) is 4.57 Å². The number of phenolic OH excluding ortho intramolecular Hbond substituents is 1. The highest BCUT2D eigenvalue weighted by Crippen LogP contribution is 2.26. The molecule has 3 rings (SSSR count). The Hall–Kier alpha value is -1.93. The van der Waals surface area contributed by atoms with Crippen LogP contribution in [0.4, 0.5) is 0 Å². The molecule has 0 unspecified atom stereocenters. The van der Waals surface area contributed by atoms with Crippen molar-refractivity contribution >= 4 is 22.5 Å². The van der Waals surface area contributed by atoms with Crippen LogP contribution in [0.1, 0.15) is 23.7 Å². The summed E-state index contributed by atoms with van der Waals surface area (Å²) in [6.45, 7) is 4.95. The molecule has 0 saturated carbocycles. The molecule has 1 aromatic heterocycles. The number of hydrogen-bond donors (Lipinski definition) is 1. The number of rotatable bonds is 3. The molecule has 3 aromatic rings. The lowest BCUT2D eigenvalue weighted by molar-refractivity contribution is 0.476. The van der Waals surface area contributed by atoms with Gasteiger partial charge in [0, 0.05) is 28.2 Å². The normalized spacial score (nSPS) is 11.2. The summed E-state index contributed by atoms with van der Waals surface area (Å²) in [4.78, 5) is 0. The number of aryl methyl sites for hydroxylation is 2. The fourth-order valence-corrected chi connectivity index (χ4v) is 2.92. The van der Waals surface area contributed by atoms with E-state index in [4.69, 9.17) is 11.6 Å². The lowest BCUT2D eigenvalue weighted by atomic mass is 10.1. The smallest absolute Gasteiger partial charge is 0.116 e. The van der Waals surface area contributed by atoms with Gasteiger partial charge in [-0.05, 0) is 54.8 Å². The minimum absolute atomic E-state index is 0.306. The number of hydrogen-bond acceptors (Lipinski definition) is 1. The molecule has 0 aliphatic carbocycles. The Kier molecular flexibility index (Phi) is 3.64. The molecule has 0 amide bonds. The highest BCUT2D eigenvalue weighted by Gasteiger charge is 2.09. The molecule has 0 radical (unpaired) electrons. The Morgan fingerprint density at radius 1 is 1.10 bits per heavy atom. The molecule has 0 saturated heterocycles. The maximum Gasteiger partial charge on any atom is 0.116 e. The zero-order chi connectivity index (χ0) is 15.0. The van der Waals surface area contributed by atoms with Crippen molar-refractivity contribution in [2.45, 2.75) is 26.8 Å². The van der Waals surface area contributed by atoms with Crippen LogP contribution in [0, 0.1) is 6.92 Å². The molecular formula is C18H18ClNO. The first-order valence-electron chi connectivity index (χ1n) is 7.14. The standard InChI is InChI=1S/C18H18ClNO/c1-3-15-9-14-10-16(21)6-7-18(14)20(15)11-13-5-4-12(2)17(19)8-13/h4-10,21H,3,11H2,1-2H3. The number of benzene rings is 2. The quantitative estimate of drug-likeness (QED) is 0.729. The van der Waals surface area contributed by atoms with Gasteiger partial charge in [-0.25, -0.2) is 0 Å². The minimum atomic E-state index is 0.306. The van der Waals surface area contributed by atoms with Crippen molar-refractivity contribution in [2.24, 2.45) is 0 Å². The average Bonchev–Trinajstić information content (AvgIpc) is 2.80. The summed E-state index contributed by atoms with van der Waals surface area (Å²) in [5.41, 5.74) is 4.68. The van der Waals surface area contributed by atoms with Crippen molar-refractivity contribution in [3.63, 3.8) is 0 Å². The first-order chi connectivity index (χ1) is 10.1. The van der Waals surface area contributed by atoms with Gasteiger partial charge in [0.15, 0.2) is 0 Å². The predicted molar refractivity (Wildman–Crippen MR) is 88.3 cm³/mol. The van der Waals surface area contributed by atoms with Crippen LogP contribution in [-0.2, 0) is 13.0 Å². The third-order valence-electron chi connectivity index (χ3n) is 3.91. The van der Waals surface area contributed by atoms with Crippen LogP contribution >= 0.6 is 11.6 Å². The van der Waals surface area contributed by atoms with E-state index in [1.54, 1.807) is 6.07 Å². The summed E-state index contributed by atoms with van der Waals surface area (Å²) in [6, 6.07) is 13.9. The molecule has 0 spiro atoms. The second-order valence-corrected chi connectivity index (χ2v) is 5.81. The highest BCUT2D eigenvalue weighted by molar-refractivity contribution is 6.31. The third-order valence-corrected chi connectivity index (χ3v) is 4.32. The molecule has 1 N–H and O–H groups in total. The fourth-order valence-electron chi connectivity index (χ4n) is 2.71. The molecule has 108 valence electrons. The lowest BCUT2D eigenvalue weighted by Crippen LogP contribution is -2.03. The summed E-state index contributed by atoms with van der Waals surface area (Å²) < 4.78 is 2.29. The van der Waals surface area contributed by atoms with Gasteiger partial charge in [0.25, 0.3) is 0 Å². The molecule has 1 heterocycles. The second-order valence-electron chi connectivity index (χ2n) is 5.40. The second kappa shape index (κ2) is 5.45. The van der Waals surface area contributed by atoms with Crippen LogP contribution < -0.4 is 0 Å². The van der Waals surface area contributed by atoms with Crippen LogP contribution in [-0.4, -0.2) is 9.67 Å². The molecule has 21 heavy (non-hydrogen) atoms. The predicted octanol–water partition coefficient (Wildman–Crippen LogP) is 4.92. The number of phenols is 1. The van der Waals surface area contributed by atoms with Crippen LogP contribution in [0.3, 0.4) is 0 Å². The zero-order valence-corrected chi connectivity index (χ0v) is 13.0. The zero-order valence-electron chi connectivity index (χ0n) is 12.2. The van der Waals surface area contributed by atoms with Gasteiger partial charge >= 0.3 is 0 Å². The summed E-state index contributed by atoms with van der Waals surface area (Å²) in [5.74, 6) is 0.306. The number of halogens is 1. The molecule has 0 atom stereocenters. The Balaban J connectivity index is 2.08. The molecular weight excluding hydrogens is 282 g/mol. The van der Waals surface area contributed by atoms with Gasteiger partial charge in [-0.15, -0.1) is 0 Å². The Morgan fingerprint density at radius 2 is 1.90 bits per heavy atom. The first-order valence-corrected chi connectivity index (χ1v) is 7.52. The largest absolute Gasteiger partial charge is 0.508 e. The number of aromatic nitrogens is 1. The maximum atomic E-state index is 9.63. The van der Waals surface area contributed by atoms with E-state index < -0.39 is 0 Å². The minimum Gasteiger partial charge on any atom is -0.508 e. The number of fused-ring (bicyclic) bond motifs is 1. The summed E-state index contributed by atoms with van der Waals surface area (Å²) in [5, 5.41) is 11.5. The molecule has 0 aliphatic heterocycles. The van der Waals surface area contributed by atoms with E-state index in [1.165, 1.54) is 11.3 Å². The first kappa shape index (κ1) is 14.0. The van der Waals surface area contributed by atoms with Crippen LogP contribution in [0.25, 0.3) is 10.9 Å². The van der Waals surface area contributed by atoms with Crippen LogP contribution in [0.2, 0.25) is 5.02 Å². The number of aromatic hydroxyl groups is 1. The molecule has 3 heteroatoms. The van der Waals surface area contributed by atoms with Gasteiger partial charge in [-0.1, -0.05) is 30.7 Å². The van der Waals surface area contributed by atoms with Gasteiger partial charge in [-0.3, -0.25) is 0 Å². The summed E-state index contributed by atoms with van der Waals surface area (Å²) in [6.07, 6.45) is 0.953. The Morgan fingerprint density at radius 3 is 2.62 bits per heavy atom. The SMILES string of the molecule is CCc1cc2cc(O)ccc2n1Cc1ccc(C)c(Cl)c1. The summed E-state index contributed by atoms with van der Waals surface area (Å²) in [7, 11) is 0.